The fourth-order valence-electron chi connectivity index (χ4n) is 1.43. The first kappa shape index (κ1) is 13.0. The fraction of sp³-hybridized carbons (Fsp3) is 0.417. The molecular weight excluding hydrogens is 224 g/mol. The molecule has 1 aromatic carbocycles. The minimum Gasteiger partial charge on any atom is -0.350 e. The number of nitrogens with one attached hydrogen (secondary N) is 1. The predicted molar refractivity (Wildman–Crippen MR) is 66.3 cm³/mol. The molecule has 1 aromatic rings. The van der Waals surface area contributed by atoms with Crippen molar-refractivity contribution in [3.8, 4) is 0 Å². The summed E-state index contributed by atoms with van der Waals surface area (Å²) in [5.41, 5.74) is 6.58. The van der Waals surface area contributed by atoms with Crippen molar-refractivity contribution in [2.45, 2.75) is 32.4 Å². The molecule has 3 nitrogen and oxygen atoms in total. The van der Waals surface area contributed by atoms with E-state index in [1.807, 2.05) is 38.1 Å². The van der Waals surface area contributed by atoms with E-state index in [1.165, 1.54) is 0 Å². The minimum atomic E-state index is -0.114. The Balaban J connectivity index is 2.55. The number of carbonyl (C=O) groups is 1. The lowest BCUT2D eigenvalue weighted by molar-refractivity contribution is -0.121. The van der Waals surface area contributed by atoms with E-state index in [-0.39, 0.29) is 18.0 Å². The molecule has 0 aromatic heterocycles. The summed E-state index contributed by atoms with van der Waals surface area (Å²) >= 11 is 5.79. The Hall–Kier alpha value is -1.06. The molecule has 0 aliphatic carbocycles. The Morgan fingerprint density at radius 2 is 1.94 bits per heavy atom. The van der Waals surface area contributed by atoms with E-state index in [1.54, 1.807) is 0 Å². The molecule has 1 amide bonds. The Labute approximate surface area is 101 Å². The molecular formula is C12H17ClN2O. The number of hydrogen-bond donors (Lipinski definition) is 2. The van der Waals surface area contributed by atoms with Gasteiger partial charge in [0.25, 0.3) is 0 Å². The molecule has 2 atom stereocenters. The molecule has 0 radical (unpaired) electrons. The minimum absolute atomic E-state index is 0.0245. The Bertz CT molecular complexity index is 349. The van der Waals surface area contributed by atoms with Gasteiger partial charge in [0.2, 0.25) is 5.91 Å². The highest BCUT2D eigenvalue weighted by Gasteiger charge is 2.10. The third-order valence-electron chi connectivity index (χ3n) is 2.25. The van der Waals surface area contributed by atoms with Crippen LogP contribution in [-0.4, -0.2) is 11.9 Å². The monoisotopic (exact) mass is 240 g/mol. The number of benzene rings is 1. The SMILES string of the molecule is CC(N)CC(=O)NC(C)c1ccc(Cl)cc1. The van der Waals surface area contributed by atoms with Gasteiger partial charge in [-0.25, -0.2) is 0 Å². The molecule has 3 N–H and O–H groups in total. The van der Waals surface area contributed by atoms with Crippen molar-refractivity contribution in [1.29, 1.82) is 0 Å². The van der Waals surface area contributed by atoms with Gasteiger partial charge in [-0.15, -0.1) is 0 Å². The number of rotatable bonds is 4. The van der Waals surface area contributed by atoms with Crippen LogP contribution >= 0.6 is 11.6 Å². The summed E-state index contributed by atoms with van der Waals surface area (Å²) in [6.45, 7) is 3.74. The number of nitrogens with two attached hydrogens (primary N) is 1. The third-order valence-corrected chi connectivity index (χ3v) is 2.51. The molecule has 0 saturated carbocycles. The van der Waals surface area contributed by atoms with E-state index in [2.05, 4.69) is 5.32 Å². The predicted octanol–water partition coefficient (Wildman–Crippen LogP) is 2.25. The van der Waals surface area contributed by atoms with Crippen LogP contribution in [0.5, 0.6) is 0 Å². The maximum Gasteiger partial charge on any atom is 0.222 e. The van der Waals surface area contributed by atoms with Crippen LogP contribution in [0.25, 0.3) is 0 Å². The maximum atomic E-state index is 11.5. The zero-order chi connectivity index (χ0) is 12.1. The van der Waals surface area contributed by atoms with Gasteiger partial charge < -0.3 is 11.1 Å². The average Bonchev–Trinajstić information content (AvgIpc) is 2.16. The quantitative estimate of drug-likeness (QED) is 0.848. The molecule has 0 aliphatic heterocycles. The van der Waals surface area contributed by atoms with Crippen LogP contribution in [0, 0.1) is 0 Å². The summed E-state index contributed by atoms with van der Waals surface area (Å²) in [4.78, 5) is 11.5. The Morgan fingerprint density at radius 3 is 2.44 bits per heavy atom. The van der Waals surface area contributed by atoms with Gasteiger partial charge in [-0.1, -0.05) is 23.7 Å². The number of halogens is 1. The van der Waals surface area contributed by atoms with E-state index >= 15 is 0 Å². The lowest BCUT2D eigenvalue weighted by atomic mass is 10.1. The standard InChI is InChI=1S/C12H17ClN2O/c1-8(14)7-12(16)15-9(2)10-3-5-11(13)6-4-10/h3-6,8-9H,7,14H2,1-2H3,(H,15,16). The Morgan fingerprint density at radius 1 is 1.38 bits per heavy atom. The van der Waals surface area contributed by atoms with Crippen LogP contribution in [0.1, 0.15) is 31.9 Å². The summed E-state index contributed by atoms with van der Waals surface area (Å²) in [6.07, 6.45) is 0.345. The lowest BCUT2D eigenvalue weighted by Gasteiger charge is -2.15. The summed E-state index contributed by atoms with van der Waals surface area (Å²) in [5, 5.41) is 3.58. The van der Waals surface area contributed by atoms with Gasteiger partial charge >= 0.3 is 0 Å². The molecule has 16 heavy (non-hydrogen) atoms. The van der Waals surface area contributed by atoms with Gasteiger partial charge in [0.1, 0.15) is 0 Å². The van der Waals surface area contributed by atoms with Gasteiger partial charge in [0.15, 0.2) is 0 Å². The number of hydrogen-bond acceptors (Lipinski definition) is 2. The Kier molecular flexibility index (Phi) is 4.77. The lowest BCUT2D eigenvalue weighted by Crippen LogP contribution is -2.31. The second kappa shape index (κ2) is 5.87. The van der Waals surface area contributed by atoms with Crippen LogP contribution in [0.15, 0.2) is 24.3 Å². The van der Waals surface area contributed by atoms with Gasteiger partial charge in [-0.2, -0.15) is 0 Å². The number of amides is 1. The van der Waals surface area contributed by atoms with Crippen molar-refractivity contribution in [3.05, 3.63) is 34.9 Å². The first-order chi connectivity index (χ1) is 7.49. The number of carbonyl (C=O) groups excluding carboxylic acids is 1. The van der Waals surface area contributed by atoms with Crippen LogP contribution in [0.2, 0.25) is 5.02 Å². The van der Waals surface area contributed by atoms with Crippen LogP contribution < -0.4 is 11.1 Å². The zero-order valence-corrected chi connectivity index (χ0v) is 10.3. The highest BCUT2D eigenvalue weighted by molar-refractivity contribution is 6.30. The topological polar surface area (TPSA) is 55.1 Å². The van der Waals surface area contributed by atoms with E-state index in [0.29, 0.717) is 11.4 Å². The van der Waals surface area contributed by atoms with E-state index in [9.17, 15) is 4.79 Å². The van der Waals surface area contributed by atoms with Gasteiger partial charge in [-0.05, 0) is 31.5 Å². The van der Waals surface area contributed by atoms with Crippen LogP contribution in [-0.2, 0) is 4.79 Å². The summed E-state index contributed by atoms with van der Waals surface area (Å²) < 4.78 is 0. The zero-order valence-electron chi connectivity index (χ0n) is 9.53. The first-order valence-corrected chi connectivity index (χ1v) is 5.67. The van der Waals surface area contributed by atoms with E-state index < -0.39 is 0 Å². The van der Waals surface area contributed by atoms with Crippen molar-refractivity contribution in [2.24, 2.45) is 5.73 Å². The maximum absolute atomic E-state index is 11.5. The third kappa shape index (κ3) is 4.21. The molecule has 0 aliphatic rings. The van der Waals surface area contributed by atoms with Crippen molar-refractivity contribution in [2.75, 3.05) is 0 Å². The molecule has 2 unspecified atom stereocenters. The second-order valence-electron chi connectivity index (χ2n) is 4.02. The van der Waals surface area contributed by atoms with Crippen molar-refractivity contribution in [1.82, 2.24) is 5.32 Å². The highest BCUT2D eigenvalue weighted by atomic mass is 35.5. The molecule has 0 fully saturated rings. The van der Waals surface area contributed by atoms with Gasteiger partial charge in [-0.3, -0.25) is 4.79 Å². The summed E-state index contributed by atoms with van der Waals surface area (Å²) in [6, 6.07) is 7.29. The molecule has 0 heterocycles. The fourth-order valence-corrected chi connectivity index (χ4v) is 1.55. The van der Waals surface area contributed by atoms with Crippen molar-refractivity contribution in [3.63, 3.8) is 0 Å². The van der Waals surface area contributed by atoms with E-state index in [0.717, 1.165) is 5.56 Å². The molecule has 0 bridgehead atoms. The van der Waals surface area contributed by atoms with Crippen molar-refractivity contribution >= 4 is 17.5 Å². The second-order valence-corrected chi connectivity index (χ2v) is 4.46. The largest absolute Gasteiger partial charge is 0.350 e. The molecule has 1 rings (SSSR count). The van der Waals surface area contributed by atoms with E-state index in [4.69, 9.17) is 17.3 Å². The van der Waals surface area contributed by atoms with Gasteiger partial charge in [0, 0.05) is 17.5 Å². The van der Waals surface area contributed by atoms with Crippen molar-refractivity contribution < 1.29 is 4.79 Å². The molecule has 0 saturated heterocycles. The van der Waals surface area contributed by atoms with Gasteiger partial charge in [0.05, 0.1) is 6.04 Å². The summed E-state index contributed by atoms with van der Waals surface area (Å²) in [7, 11) is 0. The van der Waals surface area contributed by atoms with Crippen LogP contribution in [0.3, 0.4) is 0 Å². The first-order valence-electron chi connectivity index (χ1n) is 5.29. The normalized spacial score (nSPS) is 14.2. The molecule has 88 valence electrons. The average molecular weight is 241 g/mol. The van der Waals surface area contributed by atoms with Crippen LogP contribution in [0.4, 0.5) is 0 Å². The molecule has 0 spiro atoms. The summed E-state index contributed by atoms with van der Waals surface area (Å²) in [5.74, 6) is -0.0301. The molecule has 4 heteroatoms. The highest BCUT2D eigenvalue weighted by Crippen LogP contribution is 2.16. The smallest absolute Gasteiger partial charge is 0.222 e.